The minimum atomic E-state index is -1.03. The smallest absolute Gasteiger partial charge is 0.323 e. The molecule has 2 N–H and O–H groups in total. The third-order valence-electron chi connectivity index (χ3n) is 3.72. The minimum Gasteiger partial charge on any atom is -0.480 e. The number of carboxylic acids is 1. The van der Waals surface area contributed by atoms with Gasteiger partial charge in [-0.15, -0.1) is 0 Å². The van der Waals surface area contributed by atoms with E-state index >= 15 is 0 Å². The molecule has 0 aromatic heterocycles. The van der Waals surface area contributed by atoms with Gasteiger partial charge in [-0.2, -0.15) is 0 Å². The molecule has 120 valence electrons. The number of nitrogens with zero attached hydrogens (tertiary/aromatic N) is 2. The summed E-state index contributed by atoms with van der Waals surface area (Å²) in [6.07, 6.45) is 1.22. The summed E-state index contributed by atoms with van der Waals surface area (Å²) in [4.78, 5) is 38.0. The highest BCUT2D eigenvalue weighted by molar-refractivity contribution is 5.82. The summed E-state index contributed by atoms with van der Waals surface area (Å²) in [6, 6.07) is -0.278. The van der Waals surface area contributed by atoms with Crippen LogP contribution in [0.4, 0.5) is 4.79 Å². The first-order valence-electron chi connectivity index (χ1n) is 7.16. The number of rotatable bonds is 3. The predicted octanol–water partition coefficient (Wildman–Crippen LogP) is 0.750. The monoisotopic (exact) mass is 299 g/mol. The minimum absolute atomic E-state index is 0.000289. The number of carbonyl (C=O) groups excluding carboxylic acids is 2. The lowest BCUT2D eigenvalue weighted by molar-refractivity contribution is -0.138. The summed E-state index contributed by atoms with van der Waals surface area (Å²) in [5, 5.41) is 11.6. The normalized spacial score (nSPS) is 16.5. The fraction of sp³-hybridized carbons (Fsp3) is 0.786. The third-order valence-corrected chi connectivity index (χ3v) is 3.72. The summed E-state index contributed by atoms with van der Waals surface area (Å²) >= 11 is 0. The number of aliphatic carboxylic acids is 1. The maximum absolute atomic E-state index is 12.5. The van der Waals surface area contributed by atoms with Crippen LogP contribution >= 0.6 is 0 Å². The molecule has 0 aromatic rings. The Morgan fingerprint density at radius 1 is 1.24 bits per heavy atom. The van der Waals surface area contributed by atoms with Crippen LogP contribution in [0.15, 0.2) is 0 Å². The molecule has 7 heteroatoms. The maximum Gasteiger partial charge on any atom is 0.323 e. The van der Waals surface area contributed by atoms with Gasteiger partial charge >= 0.3 is 12.0 Å². The second-order valence-corrected chi connectivity index (χ2v) is 6.31. The first-order chi connectivity index (χ1) is 9.66. The summed E-state index contributed by atoms with van der Waals surface area (Å²) in [5.74, 6) is -1.10. The van der Waals surface area contributed by atoms with Crippen molar-refractivity contribution < 1.29 is 19.5 Å². The van der Waals surface area contributed by atoms with Gasteiger partial charge in [-0.05, 0) is 33.6 Å². The number of nitrogens with one attached hydrogen (secondary N) is 1. The van der Waals surface area contributed by atoms with E-state index in [4.69, 9.17) is 5.11 Å². The van der Waals surface area contributed by atoms with Gasteiger partial charge in [0.2, 0.25) is 5.91 Å². The number of carboxylic acid groups (broad SMARTS) is 1. The van der Waals surface area contributed by atoms with Gasteiger partial charge in [0, 0.05) is 31.6 Å². The molecule has 7 nitrogen and oxygen atoms in total. The fourth-order valence-electron chi connectivity index (χ4n) is 2.43. The summed E-state index contributed by atoms with van der Waals surface area (Å²) < 4.78 is 0. The average molecular weight is 299 g/mol. The van der Waals surface area contributed by atoms with E-state index in [1.165, 1.54) is 4.90 Å². The van der Waals surface area contributed by atoms with E-state index in [0.29, 0.717) is 25.9 Å². The van der Waals surface area contributed by atoms with Crippen molar-refractivity contribution in [3.63, 3.8) is 0 Å². The molecule has 0 aliphatic carbocycles. The zero-order valence-electron chi connectivity index (χ0n) is 13.2. The number of amides is 3. The molecule has 0 atom stereocenters. The molecule has 1 aliphatic heterocycles. The zero-order valence-corrected chi connectivity index (χ0v) is 13.2. The van der Waals surface area contributed by atoms with Gasteiger partial charge in [0.15, 0.2) is 0 Å². The molecule has 0 spiro atoms. The molecule has 0 radical (unpaired) electrons. The SMILES string of the molecule is CNC(=O)C1CCN(C(=O)N(CC(=O)O)C(C)(C)C)CC1. The van der Waals surface area contributed by atoms with Crippen LogP contribution in [-0.4, -0.2) is 65.0 Å². The van der Waals surface area contributed by atoms with E-state index in [1.807, 2.05) is 20.8 Å². The van der Waals surface area contributed by atoms with Crippen LogP contribution in [0.25, 0.3) is 0 Å². The molecule has 21 heavy (non-hydrogen) atoms. The number of piperidine rings is 1. The summed E-state index contributed by atoms with van der Waals surface area (Å²) in [5.41, 5.74) is -0.562. The van der Waals surface area contributed by atoms with E-state index in [-0.39, 0.29) is 24.4 Å². The van der Waals surface area contributed by atoms with E-state index in [0.717, 1.165) is 0 Å². The molecule has 0 unspecified atom stereocenters. The van der Waals surface area contributed by atoms with E-state index in [9.17, 15) is 14.4 Å². The van der Waals surface area contributed by atoms with Gasteiger partial charge in [-0.3, -0.25) is 9.59 Å². The number of hydrogen-bond acceptors (Lipinski definition) is 3. The molecule has 0 saturated carbocycles. The lowest BCUT2D eigenvalue weighted by Gasteiger charge is -2.40. The highest BCUT2D eigenvalue weighted by Gasteiger charge is 2.34. The van der Waals surface area contributed by atoms with Crippen molar-refractivity contribution in [3.8, 4) is 0 Å². The van der Waals surface area contributed by atoms with Crippen LogP contribution < -0.4 is 5.32 Å². The maximum atomic E-state index is 12.5. The molecule has 0 bridgehead atoms. The Morgan fingerprint density at radius 2 is 1.76 bits per heavy atom. The number of urea groups is 1. The van der Waals surface area contributed by atoms with E-state index < -0.39 is 11.5 Å². The highest BCUT2D eigenvalue weighted by atomic mass is 16.4. The zero-order chi connectivity index (χ0) is 16.2. The predicted molar refractivity (Wildman–Crippen MR) is 77.9 cm³/mol. The van der Waals surface area contributed by atoms with Gasteiger partial charge in [0.05, 0.1) is 0 Å². The lowest BCUT2D eigenvalue weighted by Crippen LogP contribution is -2.55. The molecular formula is C14H25N3O4. The van der Waals surface area contributed by atoms with Crippen LogP contribution in [-0.2, 0) is 9.59 Å². The Balaban J connectivity index is 2.70. The Bertz CT molecular complexity index is 409. The molecule has 1 fully saturated rings. The van der Waals surface area contributed by atoms with Gasteiger partial charge in [-0.25, -0.2) is 4.79 Å². The Morgan fingerprint density at radius 3 is 2.14 bits per heavy atom. The molecular weight excluding hydrogens is 274 g/mol. The third kappa shape index (κ3) is 4.61. The molecule has 1 rings (SSSR count). The lowest BCUT2D eigenvalue weighted by atomic mass is 9.96. The number of likely N-dealkylation sites (tertiary alicyclic amines) is 1. The van der Waals surface area contributed by atoms with Crippen molar-refractivity contribution in [2.24, 2.45) is 5.92 Å². The van der Waals surface area contributed by atoms with Crippen LogP contribution in [0.1, 0.15) is 33.6 Å². The Labute approximate surface area is 125 Å². The molecule has 3 amide bonds. The largest absolute Gasteiger partial charge is 0.480 e. The average Bonchev–Trinajstić information content (AvgIpc) is 2.42. The van der Waals surface area contributed by atoms with Crippen molar-refractivity contribution in [2.45, 2.75) is 39.2 Å². The second-order valence-electron chi connectivity index (χ2n) is 6.31. The van der Waals surface area contributed by atoms with Crippen LogP contribution in [0.5, 0.6) is 0 Å². The molecule has 1 aliphatic rings. The van der Waals surface area contributed by atoms with Crippen molar-refractivity contribution in [2.75, 3.05) is 26.7 Å². The standard InChI is InChI=1S/C14H25N3O4/c1-14(2,3)17(9-11(18)19)13(21)16-7-5-10(6-8-16)12(20)15-4/h10H,5-9H2,1-4H3,(H,15,20)(H,18,19). The van der Waals surface area contributed by atoms with Gasteiger partial charge < -0.3 is 20.2 Å². The first kappa shape index (κ1) is 17.3. The second kappa shape index (κ2) is 6.78. The van der Waals surface area contributed by atoms with Crippen molar-refractivity contribution in [3.05, 3.63) is 0 Å². The van der Waals surface area contributed by atoms with Crippen LogP contribution in [0.3, 0.4) is 0 Å². The van der Waals surface area contributed by atoms with Crippen molar-refractivity contribution >= 4 is 17.9 Å². The van der Waals surface area contributed by atoms with Crippen molar-refractivity contribution in [1.82, 2.24) is 15.1 Å². The summed E-state index contributed by atoms with van der Waals surface area (Å²) in [7, 11) is 1.61. The highest BCUT2D eigenvalue weighted by Crippen LogP contribution is 2.21. The first-order valence-corrected chi connectivity index (χ1v) is 7.16. The van der Waals surface area contributed by atoms with Gasteiger partial charge in [0.25, 0.3) is 0 Å². The number of carbonyl (C=O) groups is 3. The van der Waals surface area contributed by atoms with Crippen LogP contribution in [0, 0.1) is 5.92 Å². The van der Waals surface area contributed by atoms with E-state index in [1.54, 1.807) is 11.9 Å². The molecule has 1 saturated heterocycles. The van der Waals surface area contributed by atoms with Gasteiger partial charge in [0.1, 0.15) is 6.54 Å². The van der Waals surface area contributed by atoms with Crippen molar-refractivity contribution in [1.29, 1.82) is 0 Å². The van der Waals surface area contributed by atoms with Gasteiger partial charge in [-0.1, -0.05) is 0 Å². The van der Waals surface area contributed by atoms with Crippen LogP contribution in [0.2, 0.25) is 0 Å². The molecule has 1 heterocycles. The number of hydrogen-bond donors (Lipinski definition) is 2. The quantitative estimate of drug-likeness (QED) is 0.804. The van der Waals surface area contributed by atoms with E-state index in [2.05, 4.69) is 5.32 Å². The Hall–Kier alpha value is -1.79. The fourth-order valence-corrected chi connectivity index (χ4v) is 2.43. The molecule has 0 aromatic carbocycles. The Kier molecular flexibility index (Phi) is 5.57. The summed E-state index contributed by atoms with van der Waals surface area (Å²) in [6.45, 7) is 6.06. The topological polar surface area (TPSA) is 90.0 Å².